The average Bonchev–Trinajstić information content (AvgIpc) is 2.67. The van der Waals surface area contributed by atoms with Gasteiger partial charge in [0.1, 0.15) is 5.60 Å². The molecule has 4 nitrogen and oxygen atoms in total. The Kier molecular flexibility index (Phi) is 1.33. The van der Waals surface area contributed by atoms with Crippen molar-refractivity contribution in [1.82, 2.24) is 10.2 Å². The Balaban J connectivity index is 1.84. The van der Waals surface area contributed by atoms with Gasteiger partial charge >= 0.3 is 0 Å². The molecule has 0 aromatic heterocycles. The molecule has 2 bridgehead atoms. The fourth-order valence-corrected chi connectivity index (χ4v) is 2.86. The van der Waals surface area contributed by atoms with Crippen LogP contribution in [0.15, 0.2) is 0 Å². The van der Waals surface area contributed by atoms with Crippen LogP contribution in [-0.4, -0.2) is 43.0 Å². The van der Waals surface area contributed by atoms with E-state index in [4.69, 9.17) is 10.5 Å². The van der Waals surface area contributed by atoms with Crippen LogP contribution in [0.4, 0.5) is 0 Å². The molecule has 3 aliphatic heterocycles. The number of piperidine rings is 1. The normalized spacial score (nSPS) is 57.2. The highest BCUT2D eigenvalue weighted by molar-refractivity contribution is 5.06. The molecule has 3 heterocycles. The zero-order valence-electron chi connectivity index (χ0n) is 7.12. The molecule has 4 atom stereocenters. The maximum Gasteiger partial charge on any atom is 0.161 e. The maximum absolute atomic E-state index is 5.77. The van der Waals surface area contributed by atoms with Crippen molar-refractivity contribution in [2.75, 3.05) is 26.2 Å². The summed E-state index contributed by atoms with van der Waals surface area (Å²) in [5, 5.41) is 3.17. The van der Waals surface area contributed by atoms with Crippen LogP contribution < -0.4 is 11.1 Å². The zero-order valence-corrected chi connectivity index (χ0v) is 7.12. The van der Waals surface area contributed by atoms with Crippen LogP contribution in [0.3, 0.4) is 0 Å². The smallest absolute Gasteiger partial charge is 0.161 e. The second kappa shape index (κ2) is 2.20. The van der Waals surface area contributed by atoms with Gasteiger partial charge in [0.25, 0.3) is 0 Å². The molecule has 0 amide bonds. The largest absolute Gasteiger partial charge is 0.341 e. The van der Waals surface area contributed by atoms with Crippen molar-refractivity contribution in [3.05, 3.63) is 0 Å². The third-order valence-corrected chi connectivity index (χ3v) is 3.47. The predicted molar refractivity (Wildman–Crippen MR) is 44.3 cm³/mol. The van der Waals surface area contributed by atoms with Crippen LogP contribution >= 0.6 is 0 Å². The average molecular weight is 169 g/mol. The molecule has 3 fully saturated rings. The molecular formula is C8H15N3O. The summed E-state index contributed by atoms with van der Waals surface area (Å²) in [7, 11) is 0. The van der Waals surface area contributed by atoms with E-state index in [2.05, 4.69) is 10.2 Å². The number of fused-ring (bicyclic) bond motifs is 3. The monoisotopic (exact) mass is 169 g/mol. The first kappa shape index (κ1) is 7.26. The van der Waals surface area contributed by atoms with Gasteiger partial charge in [-0.2, -0.15) is 0 Å². The first-order valence-electron chi connectivity index (χ1n) is 4.68. The highest BCUT2D eigenvalue weighted by Crippen LogP contribution is 2.40. The minimum absolute atomic E-state index is 0.0671. The summed E-state index contributed by atoms with van der Waals surface area (Å²) in [5.74, 6) is 0.721. The molecule has 4 unspecified atom stereocenters. The Morgan fingerprint density at radius 1 is 1.58 bits per heavy atom. The van der Waals surface area contributed by atoms with Gasteiger partial charge in [0.2, 0.25) is 0 Å². The first-order chi connectivity index (χ1) is 5.78. The summed E-state index contributed by atoms with van der Waals surface area (Å²) in [6.07, 6.45) is 1.06. The lowest BCUT2D eigenvalue weighted by Gasteiger charge is -2.31. The van der Waals surface area contributed by atoms with Gasteiger partial charge in [-0.25, -0.2) is 0 Å². The van der Waals surface area contributed by atoms with Crippen LogP contribution in [0, 0.1) is 5.92 Å². The van der Waals surface area contributed by atoms with Crippen LogP contribution in [0.2, 0.25) is 0 Å². The summed E-state index contributed by atoms with van der Waals surface area (Å²) in [6.45, 7) is 4.49. The van der Waals surface area contributed by atoms with E-state index in [9.17, 15) is 0 Å². The number of hydrogen-bond acceptors (Lipinski definition) is 4. The summed E-state index contributed by atoms with van der Waals surface area (Å²) in [6, 6.07) is 0. The van der Waals surface area contributed by atoms with Gasteiger partial charge < -0.3 is 9.64 Å². The molecule has 68 valence electrons. The van der Waals surface area contributed by atoms with Crippen molar-refractivity contribution in [3.8, 4) is 0 Å². The molecule has 0 aliphatic carbocycles. The Hall–Kier alpha value is -0.160. The second-order valence-corrected chi connectivity index (χ2v) is 4.20. The molecule has 4 heteroatoms. The second-order valence-electron chi connectivity index (χ2n) is 4.20. The van der Waals surface area contributed by atoms with Crippen molar-refractivity contribution < 1.29 is 4.74 Å². The van der Waals surface area contributed by atoms with Crippen LogP contribution in [0.1, 0.15) is 6.42 Å². The van der Waals surface area contributed by atoms with Crippen molar-refractivity contribution in [2.24, 2.45) is 11.7 Å². The SMILES string of the molecule is NC1NCC2(CN3CCC2C3)O1. The summed E-state index contributed by atoms with van der Waals surface area (Å²) in [4.78, 5) is 2.48. The van der Waals surface area contributed by atoms with E-state index in [-0.39, 0.29) is 12.0 Å². The van der Waals surface area contributed by atoms with Gasteiger partial charge in [0.15, 0.2) is 6.35 Å². The topological polar surface area (TPSA) is 50.5 Å². The van der Waals surface area contributed by atoms with E-state index in [1.807, 2.05) is 0 Å². The van der Waals surface area contributed by atoms with E-state index in [0.29, 0.717) is 0 Å². The molecule has 3 N–H and O–H groups in total. The highest BCUT2D eigenvalue weighted by atomic mass is 16.5. The molecule has 3 rings (SSSR count). The lowest BCUT2D eigenvalue weighted by atomic mass is 9.88. The Morgan fingerprint density at radius 2 is 2.50 bits per heavy atom. The van der Waals surface area contributed by atoms with E-state index in [1.165, 1.54) is 19.5 Å². The standard InChI is InChI=1S/C8H15N3O/c9-7-10-4-8(12-7)5-11-2-1-6(8)3-11/h6-7,10H,1-5,9H2. The number of hydrogen-bond donors (Lipinski definition) is 2. The van der Waals surface area contributed by atoms with Crippen molar-refractivity contribution in [1.29, 1.82) is 0 Å². The van der Waals surface area contributed by atoms with Gasteiger partial charge in [-0.3, -0.25) is 11.1 Å². The van der Waals surface area contributed by atoms with Gasteiger partial charge in [0, 0.05) is 25.6 Å². The maximum atomic E-state index is 5.77. The Morgan fingerprint density at radius 3 is 3.00 bits per heavy atom. The van der Waals surface area contributed by atoms with Gasteiger partial charge in [0.05, 0.1) is 0 Å². The van der Waals surface area contributed by atoms with Crippen molar-refractivity contribution in [3.63, 3.8) is 0 Å². The number of nitrogens with one attached hydrogen (secondary N) is 1. The number of nitrogens with zero attached hydrogens (tertiary/aromatic N) is 1. The molecule has 1 spiro atoms. The summed E-state index contributed by atoms with van der Waals surface area (Å²) >= 11 is 0. The predicted octanol–water partition coefficient (Wildman–Crippen LogP) is -1.08. The van der Waals surface area contributed by atoms with Crippen molar-refractivity contribution in [2.45, 2.75) is 18.4 Å². The molecule has 3 saturated heterocycles. The number of nitrogens with two attached hydrogens (primary N) is 1. The molecule has 3 aliphatic rings. The minimum atomic E-state index is -0.231. The van der Waals surface area contributed by atoms with Crippen LogP contribution in [0.25, 0.3) is 0 Å². The number of rotatable bonds is 0. The highest BCUT2D eigenvalue weighted by Gasteiger charge is 2.54. The van der Waals surface area contributed by atoms with E-state index < -0.39 is 0 Å². The Bertz CT molecular complexity index is 206. The molecule has 12 heavy (non-hydrogen) atoms. The minimum Gasteiger partial charge on any atom is -0.341 e. The fourth-order valence-electron chi connectivity index (χ4n) is 2.86. The van der Waals surface area contributed by atoms with Crippen LogP contribution in [0.5, 0.6) is 0 Å². The lowest BCUT2D eigenvalue weighted by Crippen LogP contribution is -2.45. The van der Waals surface area contributed by atoms with Crippen LogP contribution in [-0.2, 0) is 4.74 Å². The lowest BCUT2D eigenvalue weighted by molar-refractivity contribution is -0.0632. The molecule has 0 aromatic carbocycles. The van der Waals surface area contributed by atoms with Gasteiger partial charge in [-0.1, -0.05) is 0 Å². The van der Waals surface area contributed by atoms with E-state index in [0.717, 1.165) is 19.0 Å². The molecule has 0 saturated carbocycles. The molecule has 0 radical (unpaired) electrons. The van der Waals surface area contributed by atoms with E-state index >= 15 is 0 Å². The quantitative estimate of drug-likeness (QED) is 0.484. The van der Waals surface area contributed by atoms with Gasteiger partial charge in [-0.05, 0) is 13.0 Å². The Labute approximate surface area is 72.0 Å². The zero-order chi connectivity index (χ0) is 8.18. The van der Waals surface area contributed by atoms with Crippen molar-refractivity contribution >= 4 is 0 Å². The third-order valence-electron chi connectivity index (χ3n) is 3.47. The molecular weight excluding hydrogens is 154 g/mol. The van der Waals surface area contributed by atoms with E-state index in [1.54, 1.807) is 0 Å². The number of ether oxygens (including phenoxy) is 1. The first-order valence-corrected chi connectivity index (χ1v) is 4.68. The fraction of sp³-hybridized carbons (Fsp3) is 1.00. The third kappa shape index (κ3) is 0.808. The van der Waals surface area contributed by atoms with Gasteiger partial charge in [-0.15, -0.1) is 0 Å². The summed E-state index contributed by atoms with van der Waals surface area (Å²) < 4.78 is 5.77. The summed E-state index contributed by atoms with van der Waals surface area (Å²) in [5.41, 5.74) is 5.74. The molecule has 0 aromatic rings.